The Hall–Kier alpha value is -2.99. The Bertz CT molecular complexity index is 956. The molecule has 0 bridgehead atoms. The van der Waals surface area contributed by atoms with Crippen molar-refractivity contribution < 1.29 is 14.5 Å². The van der Waals surface area contributed by atoms with E-state index >= 15 is 0 Å². The molecule has 0 unspecified atom stereocenters. The Morgan fingerprint density at radius 2 is 2.00 bits per heavy atom. The third-order valence-electron chi connectivity index (χ3n) is 4.87. The number of nitro benzene ring substituents is 1. The van der Waals surface area contributed by atoms with E-state index in [9.17, 15) is 19.7 Å². The molecule has 1 aromatic heterocycles. The van der Waals surface area contributed by atoms with Crippen molar-refractivity contribution in [2.75, 3.05) is 39.3 Å². The van der Waals surface area contributed by atoms with Crippen molar-refractivity contribution in [3.8, 4) is 0 Å². The van der Waals surface area contributed by atoms with Gasteiger partial charge in [0.2, 0.25) is 5.91 Å². The molecule has 1 aromatic carbocycles. The summed E-state index contributed by atoms with van der Waals surface area (Å²) in [5.41, 5.74) is 0.119. The number of rotatable bonds is 8. The summed E-state index contributed by atoms with van der Waals surface area (Å²) in [7, 11) is 1.75. The summed E-state index contributed by atoms with van der Waals surface area (Å²) in [4.78, 5) is 39.9. The summed E-state index contributed by atoms with van der Waals surface area (Å²) in [6, 6.07) is 4.48. The Labute approximate surface area is 183 Å². The minimum absolute atomic E-state index is 0.0201. The normalized spacial score (nSPS) is 14.5. The third-order valence-corrected chi connectivity index (χ3v) is 5.99. The summed E-state index contributed by atoms with van der Waals surface area (Å²) in [6.45, 7) is 5.03. The van der Waals surface area contributed by atoms with Crippen LogP contribution in [0.3, 0.4) is 0 Å². The average Bonchev–Trinajstić information content (AvgIpc) is 3.16. The second-order valence-electron chi connectivity index (χ2n) is 7.18. The maximum absolute atomic E-state index is 12.9. The number of aryl methyl sites for hydroxylation is 1. The molecule has 0 radical (unpaired) electrons. The molecule has 3 rings (SSSR count). The number of piperazine rings is 1. The van der Waals surface area contributed by atoms with Crippen LogP contribution < -0.4 is 5.32 Å². The second kappa shape index (κ2) is 10.4. The van der Waals surface area contributed by atoms with E-state index < -0.39 is 4.92 Å². The highest BCUT2D eigenvalue weighted by atomic mass is 32.2. The number of nitrogens with zero attached hydrogens (tertiary/aromatic N) is 6. The molecule has 1 fully saturated rings. The molecule has 11 nitrogen and oxygen atoms in total. The van der Waals surface area contributed by atoms with Gasteiger partial charge in [-0.05, 0) is 30.3 Å². The quantitative estimate of drug-likeness (QED) is 0.472. The number of carbonyl (C=O) groups is 2. The average molecular weight is 448 g/mol. The van der Waals surface area contributed by atoms with E-state index in [0.29, 0.717) is 49.3 Å². The van der Waals surface area contributed by atoms with E-state index in [-0.39, 0.29) is 23.1 Å². The summed E-state index contributed by atoms with van der Waals surface area (Å²) in [6.07, 6.45) is 2.40. The van der Waals surface area contributed by atoms with Gasteiger partial charge in [-0.1, -0.05) is 6.92 Å². The van der Waals surface area contributed by atoms with E-state index in [4.69, 9.17) is 0 Å². The fourth-order valence-corrected chi connectivity index (χ4v) is 4.01. The van der Waals surface area contributed by atoms with Crippen LogP contribution in [0.2, 0.25) is 0 Å². The maximum atomic E-state index is 12.9. The number of nitro groups is 1. The van der Waals surface area contributed by atoms with Crippen LogP contribution in [0.15, 0.2) is 34.6 Å². The third kappa shape index (κ3) is 5.79. The molecule has 12 heteroatoms. The van der Waals surface area contributed by atoms with Crippen molar-refractivity contribution in [3.05, 3.63) is 40.2 Å². The highest BCUT2D eigenvalue weighted by molar-refractivity contribution is 7.99. The van der Waals surface area contributed by atoms with Crippen LogP contribution in [0.25, 0.3) is 0 Å². The highest BCUT2D eigenvalue weighted by Crippen LogP contribution is 2.34. The Morgan fingerprint density at radius 1 is 1.26 bits per heavy atom. The van der Waals surface area contributed by atoms with E-state index in [2.05, 4.69) is 15.5 Å². The zero-order valence-corrected chi connectivity index (χ0v) is 18.3. The largest absolute Gasteiger partial charge is 0.355 e. The van der Waals surface area contributed by atoms with Crippen molar-refractivity contribution in [3.63, 3.8) is 0 Å². The van der Waals surface area contributed by atoms with Gasteiger partial charge in [-0.2, -0.15) is 0 Å². The lowest BCUT2D eigenvalue weighted by molar-refractivity contribution is -0.387. The molecular formula is C19H25N7O4S. The number of amides is 2. The van der Waals surface area contributed by atoms with Gasteiger partial charge in [0.1, 0.15) is 6.33 Å². The van der Waals surface area contributed by atoms with E-state index in [1.54, 1.807) is 28.6 Å². The number of carbonyl (C=O) groups excluding carboxylic acids is 2. The predicted octanol–water partition coefficient (Wildman–Crippen LogP) is 1.16. The monoisotopic (exact) mass is 447 g/mol. The topological polar surface area (TPSA) is 127 Å². The molecule has 0 atom stereocenters. The maximum Gasteiger partial charge on any atom is 0.284 e. The predicted molar refractivity (Wildman–Crippen MR) is 114 cm³/mol. The first-order chi connectivity index (χ1) is 14.9. The van der Waals surface area contributed by atoms with Crippen molar-refractivity contribution >= 4 is 29.3 Å². The summed E-state index contributed by atoms with van der Waals surface area (Å²) in [5.74, 6) is -0.276. The minimum atomic E-state index is -0.498. The second-order valence-corrected chi connectivity index (χ2v) is 8.19. The minimum Gasteiger partial charge on any atom is -0.355 e. The molecule has 31 heavy (non-hydrogen) atoms. The fraction of sp³-hybridized carbons (Fsp3) is 0.474. The molecular weight excluding hydrogens is 422 g/mol. The Kier molecular flexibility index (Phi) is 7.58. The van der Waals surface area contributed by atoms with Crippen molar-refractivity contribution in [2.24, 2.45) is 7.05 Å². The molecule has 1 aliphatic heterocycles. The highest BCUT2D eigenvalue weighted by Gasteiger charge is 2.26. The lowest BCUT2D eigenvalue weighted by Gasteiger charge is -2.34. The molecule has 0 spiro atoms. The zero-order chi connectivity index (χ0) is 22.4. The molecule has 1 saturated heterocycles. The van der Waals surface area contributed by atoms with Gasteiger partial charge >= 0.3 is 0 Å². The number of hydrogen-bond acceptors (Lipinski definition) is 8. The van der Waals surface area contributed by atoms with Gasteiger partial charge in [-0.25, -0.2) is 0 Å². The Balaban J connectivity index is 1.64. The summed E-state index contributed by atoms with van der Waals surface area (Å²) >= 11 is 1.12. The fourth-order valence-electron chi connectivity index (χ4n) is 3.16. The van der Waals surface area contributed by atoms with Gasteiger partial charge in [0.25, 0.3) is 11.6 Å². The summed E-state index contributed by atoms with van der Waals surface area (Å²) < 4.78 is 1.66. The van der Waals surface area contributed by atoms with Crippen LogP contribution in [0.1, 0.15) is 23.7 Å². The first kappa shape index (κ1) is 22.7. The molecule has 166 valence electrons. The smallest absolute Gasteiger partial charge is 0.284 e. The number of benzene rings is 1. The molecule has 2 aromatic rings. The van der Waals surface area contributed by atoms with Gasteiger partial charge in [0, 0.05) is 51.4 Å². The molecule has 0 aliphatic carbocycles. The van der Waals surface area contributed by atoms with E-state index in [1.807, 2.05) is 11.8 Å². The van der Waals surface area contributed by atoms with Gasteiger partial charge in [0.05, 0.1) is 16.4 Å². The Morgan fingerprint density at radius 3 is 2.61 bits per heavy atom. The van der Waals surface area contributed by atoms with Crippen LogP contribution in [0.5, 0.6) is 0 Å². The lowest BCUT2D eigenvalue weighted by Crippen LogP contribution is -2.51. The van der Waals surface area contributed by atoms with Crippen molar-refractivity contribution in [1.82, 2.24) is 29.9 Å². The molecule has 1 N–H and O–H groups in total. The van der Waals surface area contributed by atoms with E-state index in [1.165, 1.54) is 12.4 Å². The first-order valence-corrected chi connectivity index (χ1v) is 10.8. The van der Waals surface area contributed by atoms with Gasteiger partial charge < -0.3 is 14.8 Å². The van der Waals surface area contributed by atoms with Gasteiger partial charge in [-0.15, -0.1) is 10.2 Å². The van der Waals surface area contributed by atoms with Crippen LogP contribution in [-0.4, -0.2) is 80.6 Å². The molecule has 2 heterocycles. The lowest BCUT2D eigenvalue weighted by atomic mass is 10.1. The molecule has 1 aliphatic rings. The zero-order valence-electron chi connectivity index (χ0n) is 17.5. The van der Waals surface area contributed by atoms with Crippen molar-refractivity contribution in [1.29, 1.82) is 0 Å². The van der Waals surface area contributed by atoms with Crippen molar-refractivity contribution in [2.45, 2.75) is 23.4 Å². The number of aromatic nitrogens is 3. The SMILES string of the molecule is CCCNC(=O)CN1CCN(C(=O)c2ccc(Sc3nncn3C)c([N+](=O)[O-])c2)CC1. The summed E-state index contributed by atoms with van der Waals surface area (Å²) in [5, 5.41) is 22.6. The van der Waals surface area contributed by atoms with Crippen LogP contribution in [-0.2, 0) is 11.8 Å². The standard InChI is InChI=1S/C19H25N7O4S/c1-3-6-20-17(27)12-24-7-9-25(10-8-24)18(28)14-4-5-16(15(11-14)26(29)30)31-19-22-21-13-23(19)2/h4-5,11,13H,3,6-10,12H2,1-2H3,(H,20,27). The molecule has 2 amide bonds. The van der Waals surface area contributed by atoms with E-state index in [0.717, 1.165) is 18.2 Å². The van der Waals surface area contributed by atoms with Gasteiger partial charge in [0.15, 0.2) is 5.16 Å². The van der Waals surface area contributed by atoms with Crippen LogP contribution in [0, 0.1) is 10.1 Å². The van der Waals surface area contributed by atoms with Gasteiger partial charge in [-0.3, -0.25) is 24.6 Å². The van der Waals surface area contributed by atoms with Crippen LogP contribution >= 0.6 is 11.8 Å². The molecule has 0 saturated carbocycles. The van der Waals surface area contributed by atoms with Crippen LogP contribution in [0.4, 0.5) is 5.69 Å². The first-order valence-electron chi connectivity index (χ1n) is 9.97. The number of hydrogen-bond donors (Lipinski definition) is 1. The number of nitrogens with one attached hydrogen (secondary N) is 1.